The highest BCUT2D eigenvalue weighted by Crippen LogP contribution is 2.24. The Bertz CT molecular complexity index is 977. The van der Waals surface area contributed by atoms with E-state index in [-0.39, 0.29) is 16.9 Å². The monoisotopic (exact) mass is 374 g/mol. The summed E-state index contributed by atoms with van der Waals surface area (Å²) in [7, 11) is 0. The van der Waals surface area contributed by atoms with E-state index in [9.17, 15) is 9.59 Å². The number of nitrogens with one attached hydrogen (secondary N) is 1. The van der Waals surface area contributed by atoms with E-state index in [4.69, 9.17) is 11.6 Å². The molecule has 0 unspecified atom stereocenters. The van der Waals surface area contributed by atoms with Crippen molar-refractivity contribution in [2.75, 3.05) is 6.54 Å². The van der Waals surface area contributed by atoms with Gasteiger partial charge in [-0.2, -0.15) is 0 Å². The van der Waals surface area contributed by atoms with Crippen molar-refractivity contribution >= 4 is 39.7 Å². The third-order valence-electron chi connectivity index (χ3n) is 4.25. The predicted octanol–water partition coefficient (Wildman–Crippen LogP) is 4.02. The number of rotatable bonds is 5. The average Bonchev–Trinajstić information content (AvgIpc) is 3.11. The van der Waals surface area contributed by atoms with Crippen molar-refractivity contribution < 1.29 is 4.79 Å². The average molecular weight is 375 g/mol. The van der Waals surface area contributed by atoms with Crippen molar-refractivity contribution in [2.45, 2.75) is 26.8 Å². The zero-order valence-electron chi connectivity index (χ0n) is 14.1. The highest BCUT2D eigenvalue weighted by Gasteiger charge is 2.17. The van der Waals surface area contributed by atoms with Gasteiger partial charge in [-0.3, -0.25) is 9.59 Å². The summed E-state index contributed by atoms with van der Waals surface area (Å²) in [6.07, 6.45) is 2.39. The number of carbonyl (C=O) groups excluding carboxylic acids is 1. The summed E-state index contributed by atoms with van der Waals surface area (Å²) in [5.41, 5.74) is 1.55. The Morgan fingerprint density at radius 3 is 2.80 bits per heavy atom. The fraction of sp³-hybridized carbons (Fsp3) is 0.263. The van der Waals surface area contributed by atoms with Gasteiger partial charge in [0.1, 0.15) is 5.56 Å². The number of fused-ring (bicyclic) bond motifs is 1. The lowest BCUT2D eigenvalue weighted by atomic mass is 10.1. The van der Waals surface area contributed by atoms with Gasteiger partial charge in [-0.25, -0.2) is 0 Å². The Hall–Kier alpha value is -2.11. The second-order valence-electron chi connectivity index (χ2n) is 5.81. The molecule has 0 saturated heterocycles. The van der Waals surface area contributed by atoms with Crippen molar-refractivity contribution in [3.05, 3.63) is 67.1 Å². The quantitative estimate of drug-likeness (QED) is 0.733. The van der Waals surface area contributed by atoms with Gasteiger partial charge in [0.2, 0.25) is 5.43 Å². The molecule has 1 aromatic carbocycles. The van der Waals surface area contributed by atoms with Crippen LogP contribution in [0.5, 0.6) is 0 Å². The molecule has 0 saturated carbocycles. The van der Waals surface area contributed by atoms with Crippen molar-refractivity contribution in [1.82, 2.24) is 9.88 Å². The fourth-order valence-corrected chi connectivity index (χ4v) is 3.77. The van der Waals surface area contributed by atoms with Crippen LogP contribution in [-0.2, 0) is 13.0 Å². The summed E-state index contributed by atoms with van der Waals surface area (Å²) in [5.74, 6) is -0.335. The first kappa shape index (κ1) is 17.7. The molecular weight excluding hydrogens is 356 g/mol. The first-order valence-electron chi connectivity index (χ1n) is 8.15. The highest BCUT2D eigenvalue weighted by atomic mass is 35.5. The maximum absolute atomic E-state index is 12.8. The van der Waals surface area contributed by atoms with E-state index >= 15 is 0 Å². The standard InChI is InChI=1S/C19H19ClN2O2S/c1-3-22-11-15(19(24)21-9-8-13-5-4-10-25-13)18(23)14-6-7-16(20)12(2)17(14)22/h4-7,10-11H,3,8-9H2,1-2H3,(H,21,24). The van der Waals surface area contributed by atoms with Gasteiger partial charge in [-0.05, 0) is 49.4 Å². The molecule has 0 aliphatic rings. The summed E-state index contributed by atoms with van der Waals surface area (Å²) >= 11 is 7.85. The molecule has 0 aliphatic carbocycles. The molecule has 4 nitrogen and oxygen atoms in total. The molecule has 3 aromatic rings. The van der Waals surface area contributed by atoms with Crippen LogP contribution in [0, 0.1) is 6.92 Å². The minimum atomic E-state index is -0.335. The Balaban J connectivity index is 1.93. The van der Waals surface area contributed by atoms with Crippen molar-refractivity contribution in [3.63, 3.8) is 0 Å². The van der Waals surface area contributed by atoms with Gasteiger partial charge in [0.05, 0.1) is 5.52 Å². The molecule has 3 rings (SSSR count). The van der Waals surface area contributed by atoms with Crippen molar-refractivity contribution in [3.8, 4) is 0 Å². The Labute approximate surface area is 155 Å². The fourth-order valence-electron chi connectivity index (χ4n) is 2.91. The van der Waals surface area contributed by atoms with E-state index in [2.05, 4.69) is 5.32 Å². The SMILES string of the molecule is CCn1cc(C(=O)NCCc2cccs2)c(=O)c2ccc(Cl)c(C)c21. The highest BCUT2D eigenvalue weighted by molar-refractivity contribution is 7.09. The summed E-state index contributed by atoms with van der Waals surface area (Å²) in [5, 5.41) is 5.99. The first-order chi connectivity index (χ1) is 12.0. The summed E-state index contributed by atoms with van der Waals surface area (Å²) in [6.45, 7) is 5.01. The molecule has 0 bridgehead atoms. The van der Waals surface area contributed by atoms with Crippen LogP contribution in [0.3, 0.4) is 0 Å². The van der Waals surface area contributed by atoms with E-state index in [1.54, 1.807) is 29.7 Å². The molecule has 0 aliphatic heterocycles. The Morgan fingerprint density at radius 1 is 1.32 bits per heavy atom. The predicted molar refractivity (Wildman–Crippen MR) is 104 cm³/mol. The zero-order valence-corrected chi connectivity index (χ0v) is 15.7. The molecule has 0 spiro atoms. The maximum atomic E-state index is 12.8. The van der Waals surface area contributed by atoms with Gasteiger partial charge in [-0.15, -0.1) is 11.3 Å². The molecule has 1 amide bonds. The first-order valence-corrected chi connectivity index (χ1v) is 9.41. The van der Waals surface area contributed by atoms with Crippen LogP contribution in [0.15, 0.2) is 40.6 Å². The van der Waals surface area contributed by atoms with E-state index in [1.807, 2.05) is 35.9 Å². The third-order valence-corrected chi connectivity index (χ3v) is 5.59. The number of nitrogens with zero attached hydrogens (tertiary/aromatic N) is 1. The normalized spacial score (nSPS) is 11.0. The molecule has 6 heteroatoms. The Kier molecular flexibility index (Phi) is 5.25. The van der Waals surface area contributed by atoms with Gasteiger partial charge in [0.15, 0.2) is 0 Å². The molecule has 2 aromatic heterocycles. The number of thiophene rings is 1. The molecule has 130 valence electrons. The van der Waals surface area contributed by atoms with Crippen LogP contribution in [0.4, 0.5) is 0 Å². The van der Waals surface area contributed by atoms with Crippen molar-refractivity contribution in [1.29, 1.82) is 0 Å². The number of aryl methyl sites for hydroxylation is 2. The number of hydrogen-bond donors (Lipinski definition) is 1. The summed E-state index contributed by atoms with van der Waals surface area (Å²) in [4.78, 5) is 26.5. The van der Waals surface area contributed by atoms with Crippen LogP contribution in [0.1, 0.15) is 27.7 Å². The molecule has 0 fully saturated rings. The second kappa shape index (κ2) is 7.42. The number of pyridine rings is 1. The lowest BCUT2D eigenvalue weighted by Gasteiger charge is -2.14. The van der Waals surface area contributed by atoms with E-state index in [1.165, 1.54) is 4.88 Å². The number of amides is 1. The summed E-state index contributed by atoms with van der Waals surface area (Å²) in [6, 6.07) is 7.42. The minimum absolute atomic E-state index is 0.169. The minimum Gasteiger partial charge on any atom is -0.352 e. The van der Waals surface area contributed by atoms with Crippen LogP contribution in [0.25, 0.3) is 10.9 Å². The smallest absolute Gasteiger partial charge is 0.256 e. The molecular formula is C19H19ClN2O2S. The van der Waals surface area contributed by atoms with E-state index in [0.717, 1.165) is 17.5 Å². The van der Waals surface area contributed by atoms with Gasteiger partial charge in [-0.1, -0.05) is 17.7 Å². The van der Waals surface area contributed by atoms with Crippen LogP contribution in [-0.4, -0.2) is 17.0 Å². The number of carbonyl (C=O) groups is 1. The lowest BCUT2D eigenvalue weighted by molar-refractivity contribution is 0.0952. The second-order valence-corrected chi connectivity index (χ2v) is 7.25. The van der Waals surface area contributed by atoms with Crippen LogP contribution < -0.4 is 10.7 Å². The molecule has 1 N–H and O–H groups in total. The van der Waals surface area contributed by atoms with Gasteiger partial charge in [0.25, 0.3) is 5.91 Å². The molecule has 2 heterocycles. The maximum Gasteiger partial charge on any atom is 0.256 e. The zero-order chi connectivity index (χ0) is 18.0. The Morgan fingerprint density at radius 2 is 2.12 bits per heavy atom. The molecule has 0 atom stereocenters. The van der Waals surface area contributed by atoms with Gasteiger partial charge in [0, 0.05) is 34.6 Å². The lowest BCUT2D eigenvalue weighted by Crippen LogP contribution is -2.31. The van der Waals surface area contributed by atoms with Gasteiger partial charge >= 0.3 is 0 Å². The number of halogens is 1. The van der Waals surface area contributed by atoms with Crippen molar-refractivity contribution in [2.24, 2.45) is 0 Å². The van der Waals surface area contributed by atoms with E-state index in [0.29, 0.717) is 23.5 Å². The van der Waals surface area contributed by atoms with Crippen LogP contribution >= 0.6 is 22.9 Å². The molecule has 25 heavy (non-hydrogen) atoms. The largest absolute Gasteiger partial charge is 0.352 e. The van der Waals surface area contributed by atoms with E-state index < -0.39 is 0 Å². The number of aromatic nitrogens is 1. The molecule has 0 radical (unpaired) electrons. The van der Waals surface area contributed by atoms with Crippen LogP contribution in [0.2, 0.25) is 5.02 Å². The third kappa shape index (κ3) is 3.48. The van der Waals surface area contributed by atoms with Gasteiger partial charge < -0.3 is 9.88 Å². The number of hydrogen-bond acceptors (Lipinski definition) is 3. The summed E-state index contributed by atoms with van der Waals surface area (Å²) < 4.78 is 1.91. The number of benzene rings is 1. The topological polar surface area (TPSA) is 51.1 Å².